The number of carbonyl (C=O) groups excluding carboxylic acids is 2. The quantitative estimate of drug-likeness (QED) is 0.744. The SMILES string of the molecule is CCN1CCC(NC(=O)COc2ccc(C(=O)OC)cc2Br)CC1. The molecule has 6 nitrogen and oxygen atoms in total. The first kappa shape index (κ1) is 18.7. The monoisotopic (exact) mass is 398 g/mol. The van der Waals surface area contributed by atoms with Crippen LogP contribution in [0.4, 0.5) is 0 Å². The van der Waals surface area contributed by atoms with Crippen LogP contribution in [0.15, 0.2) is 22.7 Å². The molecule has 132 valence electrons. The zero-order chi connectivity index (χ0) is 17.5. The number of benzene rings is 1. The molecular weight excluding hydrogens is 376 g/mol. The van der Waals surface area contributed by atoms with E-state index in [0.29, 0.717) is 15.8 Å². The number of piperidine rings is 1. The Morgan fingerprint density at radius 1 is 1.33 bits per heavy atom. The van der Waals surface area contributed by atoms with Crippen LogP contribution in [0.3, 0.4) is 0 Å². The molecule has 0 spiro atoms. The van der Waals surface area contributed by atoms with E-state index in [-0.39, 0.29) is 18.6 Å². The third-order valence-electron chi connectivity index (χ3n) is 4.11. The van der Waals surface area contributed by atoms with Gasteiger partial charge in [-0.1, -0.05) is 6.92 Å². The molecule has 1 aliphatic heterocycles. The Labute approximate surface area is 150 Å². The van der Waals surface area contributed by atoms with Crippen LogP contribution < -0.4 is 10.1 Å². The second-order valence-electron chi connectivity index (χ2n) is 5.70. The highest BCUT2D eigenvalue weighted by Gasteiger charge is 2.20. The Bertz CT molecular complexity index is 586. The Balaban J connectivity index is 1.80. The highest BCUT2D eigenvalue weighted by Crippen LogP contribution is 2.26. The molecule has 0 unspecified atom stereocenters. The Hall–Kier alpha value is -1.60. The van der Waals surface area contributed by atoms with Crippen LogP contribution >= 0.6 is 15.9 Å². The summed E-state index contributed by atoms with van der Waals surface area (Å²) >= 11 is 3.34. The first-order chi connectivity index (χ1) is 11.5. The van der Waals surface area contributed by atoms with E-state index in [0.717, 1.165) is 32.5 Å². The molecule has 0 radical (unpaired) electrons. The van der Waals surface area contributed by atoms with Gasteiger partial charge in [0.2, 0.25) is 0 Å². The van der Waals surface area contributed by atoms with Crippen molar-refractivity contribution in [2.24, 2.45) is 0 Å². The Kier molecular flexibility index (Phi) is 7.05. The maximum atomic E-state index is 12.0. The van der Waals surface area contributed by atoms with Gasteiger partial charge in [0, 0.05) is 19.1 Å². The molecule has 1 aromatic carbocycles. The summed E-state index contributed by atoms with van der Waals surface area (Å²) < 4.78 is 10.8. The van der Waals surface area contributed by atoms with Crippen molar-refractivity contribution in [3.8, 4) is 5.75 Å². The van der Waals surface area contributed by atoms with Gasteiger partial charge in [0.25, 0.3) is 5.91 Å². The van der Waals surface area contributed by atoms with Crippen molar-refractivity contribution in [2.75, 3.05) is 33.4 Å². The number of carbonyl (C=O) groups is 2. The number of ether oxygens (including phenoxy) is 2. The van der Waals surface area contributed by atoms with E-state index in [2.05, 4.69) is 37.8 Å². The lowest BCUT2D eigenvalue weighted by molar-refractivity contribution is -0.124. The van der Waals surface area contributed by atoms with Crippen LogP contribution in [0.1, 0.15) is 30.1 Å². The van der Waals surface area contributed by atoms with Crippen LogP contribution in [0.25, 0.3) is 0 Å². The van der Waals surface area contributed by atoms with Crippen LogP contribution in [0.5, 0.6) is 5.75 Å². The largest absolute Gasteiger partial charge is 0.483 e. The molecule has 1 aromatic rings. The van der Waals surface area contributed by atoms with E-state index in [9.17, 15) is 9.59 Å². The van der Waals surface area contributed by atoms with Crippen molar-refractivity contribution >= 4 is 27.8 Å². The number of nitrogens with one attached hydrogen (secondary N) is 1. The highest BCUT2D eigenvalue weighted by atomic mass is 79.9. The number of likely N-dealkylation sites (tertiary alicyclic amines) is 1. The van der Waals surface area contributed by atoms with Crippen LogP contribution in [-0.2, 0) is 9.53 Å². The average Bonchev–Trinajstić information content (AvgIpc) is 2.60. The predicted molar refractivity (Wildman–Crippen MR) is 94.3 cm³/mol. The van der Waals surface area contributed by atoms with Crippen molar-refractivity contribution in [3.63, 3.8) is 0 Å². The van der Waals surface area contributed by atoms with E-state index in [4.69, 9.17) is 4.74 Å². The topological polar surface area (TPSA) is 67.9 Å². The third kappa shape index (κ3) is 5.21. The molecule has 1 amide bonds. The summed E-state index contributed by atoms with van der Waals surface area (Å²) in [6, 6.07) is 5.07. The van der Waals surface area contributed by atoms with Crippen LogP contribution in [0.2, 0.25) is 0 Å². The van der Waals surface area contributed by atoms with Gasteiger partial charge >= 0.3 is 5.97 Å². The van der Waals surface area contributed by atoms with Gasteiger partial charge in [-0.3, -0.25) is 4.79 Å². The summed E-state index contributed by atoms with van der Waals surface area (Å²) in [7, 11) is 1.33. The molecule has 1 fully saturated rings. The summed E-state index contributed by atoms with van der Waals surface area (Å²) in [6.45, 7) is 5.19. The minimum Gasteiger partial charge on any atom is -0.483 e. The summed E-state index contributed by atoms with van der Waals surface area (Å²) in [5.74, 6) is -0.0362. The molecule has 24 heavy (non-hydrogen) atoms. The Morgan fingerprint density at radius 2 is 2.04 bits per heavy atom. The number of hydrogen-bond donors (Lipinski definition) is 1. The molecule has 2 rings (SSSR count). The first-order valence-corrected chi connectivity index (χ1v) is 8.85. The summed E-state index contributed by atoms with van der Waals surface area (Å²) in [5.41, 5.74) is 0.420. The fraction of sp³-hybridized carbons (Fsp3) is 0.529. The second kappa shape index (κ2) is 9.03. The molecule has 0 bridgehead atoms. The smallest absolute Gasteiger partial charge is 0.337 e. The molecule has 0 aromatic heterocycles. The summed E-state index contributed by atoms with van der Waals surface area (Å²) in [6.07, 6.45) is 1.94. The predicted octanol–water partition coefficient (Wildman–Crippen LogP) is 2.21. The maximum absolute atomic E-state index is 12.0. The average molecular weight is 399 g/mol. The van der Waals surface area contributed by atoms with Gasteiger partial charge in [-0.25, -0.2) is 4.79 Å². The number of halogens is 1. The number of rotatable bonds is 6. The molecular formula is C17H23BrN2O4. The second-order valence-corrected chi connectivity index (χ2v) is 6.56. The zero-order valence-electron chi connectivity index (χ0n) is 14.0. The highest BCUT2D eigenvalue weighted by molar-refractivity contribution is 9.10. The zero-order valence-corrected chi connectivity index (χ0v) is 15.6. The summed E-state index contributed by atoms with van der Waals surface area (Å²) in [5, 5.41) is 3.01. The van der Waals surface area contributed by atoms with Gasteiger partial charge in [-0.05, 0) is 53.5 Å². The molecule has 1 saturated heterocycles. The number of esters is 1. The number of methoxy groups -OCH3 is 1. The minimum absolute atomic E-state index is 0.0514. The molecule has 0 atom stereocenters. The van der Waals surface area contributed by atoms with Crippen molar-refractivity contribution in [3.05, 3.63) is 28.2 Å². The van der Waals surface area contributed by atoms with Gasteiger partial charge in [-0.2, -0.15) is 0 Å². The molecule has 0 aliphatic carbocycles. The van der Waals surface area contributed by atoms with Gasteiger partial charge in [0.1, 0.15) is 5.75 Å². The van der Waals surface area contributed by atoms with E-state index in [1.807, 2.05) is 0 Å². The lowest BCUT2D eigenvalue weighted by Crippen LogP contribution is -2.45. The normalized spacial score (nSPS) is 15.8. The van der Waals surface area contributed by atoms with Gasteiger partial charge in [0.15, 0.2) is 6.61 Å². The van der Waals surface area contributed by atoms with E-state index in [1.54, 1.807) is 18.2 Å². The van der Waals surface area contributed by atoms with Crippen molar-refractivity contribution in [2.45, 2.75) is 25.8 Å². The van der Waals surface area contributed by atoms with Crippen molar-refractivity contribution in [1.29, 1.82) is 0 Å². The fourth-order valence-corrected chi connectivity index (χ4v) is 3.16. The fourth-order valence-electron chi connectivity index (χ4n) is 2.67. The van der Waals surface area contributed by atoms with E-state index in [1.165, 1.54) is 7.11 Å². The molecule has 0 saturated carbocycles. The van der Waals surface area contributed by atoms with Crippen molar-refractivity contribution in [1.82, 2.24) is 10.2 Å². The molecule has 1 N–H and O–H groups in total. The summed E-state index contributed by atoms with van der Waals surface area (Å²) in [4.78, 5) is 25.9. The third-order valence-corrected chi connectivity index (χ3v) is 4.73. The van der Waals surface area contributed by atoms with E-state index < -0.39 is 5.97 Å². The van der Waals surface area contributed by atoms with Crippen molar-refractivity contribution < 1.29 is 19.1 Å². The van der Waals surface area contributed by atoms with Crippen LogP contribution in [-0.4, -0.2) is 56.2 Å². The molecule has 7 heteroatoms. The first-order valence-electron chi connectivity index (χ1n) is 8.05. The number of nitrogens with zero attached hydrogens (tertiary/aromatic N) is 1. The lowest BCUT2D eigenvalue weighted by atomic mass is 10.1. The maximum Gasteiger partial charge on any atom is 0.337 e. The Morgan fingerprint density at radius 3 is 2.62 bits per heavy atom. The van der Waals surface area contributed by atoms with Gasteiger partial charge in [0.05, 0.1) is 17.1 Å². The molecule has 1 heterocycles. The van der Waals surface area contributed by atoms with Gasteiger partial charge in [-0.15, -0.1) is 0 Å². The molecule has 1 aliphatic rings. The van der Waals surface area contributed by atoms with E-state index >= 15 is 0 Å². The van der Waals surface area contributed by atoms with Gasteiger partial charge < -0.3 is 19.7 Å². The minimum atomic E-state index is -0.418. The van der Waals surface area contributed by atoms with Crippen LogP contribution in [0, 0.1) is 0 Å². The number of hydrogen-bond acceptors (Lipinski definition) is 5. The number of amides is 1. The lowest BCUT2D eigenvalue weighted by Gasteiger charge is -2.31. The standard InChI is InChI=1S/C17H23BrN2O4/c1-3-20-8-6-13(7-9-20)19-16(21)11-24-15-5-4-12(10-14(15)18)17(22)23-2/h4-5,10,13H,3,6-9,11H2,1-2H3,(H,19,21).